The number of ether oxygens (including phenoxy) is 1. The van der Waals surface area contributed by atoms with E-state index in [1.54, 1.807) is 25.7 Å². The van der Waals surface area contributed by atoms with Crippen LogP contribution in [0.15, 0.2) is 59.9 Å². The first-order valence-electron chi connectivity index (χ1n) is 13.1. The number of carbonyl (C=O) groups excluding carboxylic acids is 1. The number of nitrogen functional groups attached to an aromatic ring is 1. The van der Waals surface area contributed by atoms with Crippen molar-refractivity contribution in [3.8, 4) is 5.88 Å². The molecule has 202 valence electrons. The Balaban J connectivity index is 1.04. The first-order chi connectivity index (χ1) is 18.9. The van der Waals surface area contributed by atoms with Crippen LogP contribution in [0.2, 0.25) is 0 Å². The predicted molar refractivity (Wildman–Crippen MR) is 151 cm³/mol. The normalized spacial score (nSPS) is 20.1. The van der Waals surface area contributed by atoms with Gasteiger partial charge in [0, 0.05) is 62.4 Å². The molecular formula is C28H33N9O2. The number of hydrogen-bond donors (Lipinski definition) is 3. The Morgan fingerprint density at radius 3 is 2.74 bits per heavy atom. The van der Waals surface area contributed by atoms with Crippen molar-refractivity contribution in [2.24, 2.45) is 10.4 Å². The lowest BCUT2D eigenvalue weighted by Gasteiger charge is -2.59. The molecular weight excluding hydrogens is 494 g/mol. The predicted octanol–water partition coefficient (Wildman–Crippen LogP) is 2.08. The van der Waals surface area contributed by atoms with Crippen molar-refractivity contribution in [3.63, 3.8) is 0 Å². The van der Waals surface area contributed by atoms with Crippen LogP contribution in [0.1, 0.15) is 27.8 Å². The molecule has 39 heavy (non-hydrogen) atoms. The molecule has 3 aliphatic heterocycles. The lowest BCUT2D eigenvalue weighted by Crippen LogP contribution is -2.71. The van der Waals surface area contributed by atoms with E-state index in [1.807, 2.05) is 30.3 Å². The molecule has 2 fully saturated rings. The Hall–Kier alpha value is -4.22. The van der Waals surface area contributed by atoms with Crippen molar-refractivity contribution < 1.29 is 9.53 Å². The quantitative estimate of drug-likeness (QED) is 0.407. The molecule has 3 aliphatic rings. The molecule has 11 nitrogen and oxygen atoms in total. The Morgan fingerprint density at radius 1 is 1.21 bits per heavy atom. The van der Waals surface area contributed by atoms with Gasteiger partial charge in [-0.05, 0) is 49.4 Å². The third-order valence-corrected chi connectivity index (χ3v) is 7.52. The molecule has 0 aliphatic carbocycles. The van der Waals surface area contributed by atoms with Gasteiger partial charge >= 0.3 is 0 Å². The number of anilines is 2. The van der Waals surface area contributed by atoms with Gasteiger partial charge in [-0.2, -0.15) is 5.10 Å². The van der Waals surface area contributed by atoms with Crippen LogP contribution in [-0.2, 0) is 6.42 Å². The van der Waals surface area contributed by atoms with Gasteiger partial charge in [-0.15, -0.1) is 0 Å². The molecule has 1 aromatic carbocycles. The van der Waals surface area contributed by atoms with Crippen molar-refractivity contribution in [2.75, 3.05) is 57.9 Å². The van der Waals surface area contributed by atoms with Gasteiger partial charge in [0.05, 0.1) is 18.4 Å². The van der Waals surface area contributed by atoms with Gasteiger partial charge in [0.2, 0.25) is 12.2 Å². The van der Waals surface area contributed by atoms with Gasteiger partial charge in [-0.3, -0.25) is 4.79 Å². The van der Waals surface area contributed by atoms with E-state index in [2.05, 4.69) is 54.7 Å². The number of nitrogens with one attached hydrogen (secondary N) is 2. The highest BCUT2D eigenvalue weighted by molar-refractivity contribution is 6.07. The molecule has 6 rings (SSSR count). The number of aliphatic imine (C=N–C) groups is 1. The van der Waals surface area contributed by atoms with Gasteiger partial charge in [0.25, 0.3) is 5.91 Å². The van der Waals surface area contributed by atoms with E-state index in [4.69, 9.17) is 10.5 Å². The Bertz CT molecular complexity index is 1420. The Morgan fingerprint density at radius 2 is 2.00 bits per heavy atom. The topological polar surface area (TPSA) is 126 Å². The average Bonchev–Trinajstić information content (AvgIpc) is 3.32. The zero-order chi connectivity index (χ0) is 27.0. The number of nitrogens with zero attached hydrogens (tertiary/aromatic N) is 6. The number of aromatic nitrogens is 3. The molecule has 1 atom stereocenters. The minimum atomic E-state index is -0.579. The second-order valence-electron chi connectivity index (χ2n) is 10.6. The minimum absolute atomic E-state index is 0.126. The molecule has 4 N–H and O–H groups in total. The van der Waals surface area contributed by atoms with Crippen molar-refractivity contribution in [1.29, 1.82) is 0 Å². The largest absolute Gasteiger partial charge is 0.481 e. The third kappa shape index (κ3) is 5.10. The zero-order valence-corrected chi connectivity index (χ0v) is 22.2. The molecule has 1 amide bonds. The van der Waals surface area contributed by atoms with Crippen LogP contribution >= 0.6 is 0 Å². The highest BCUT2D eigenvalue weighted by atomic mass is 16.5. The summed E-state index contributed by atoms with van der Waals surface area (Å²) in [5, 5.41) is 10.6. The maximum Gasteiger partial charge on any atom is 0.261 e. The number of hydrogen-bond acceptors (Lipinski definition) is 9. The van der Waals surface area contributed by atoms with Gasteiger partial charge in [0.15, 0.2) is 5.82 Å². The number of rotatable bonds is 8. The van der Waals surface area contributed by atoms with Crippen molar-refractivity contribution in [3.05, 3.63) is 71.6 Å². The summed E-state index contributed by atoms with van der Waals surface area (Å²) in [5.74, 6) is 0.292. The fourth-order valence-corrected chi connectivity index (χ4v) is 5.79. The Labute approximate surface area is 227 Å². The maximum absolute atomic E-state index is 13.0. The minimum Gasteiger partial charge on any atom is -0.481 e. The fraction of sp³-hybridized carbons (Fsp3) is 0.357. The van der Waals surface area contributed by atoms with E-state index in [0.717, 1.165) is 24.2 Å². The van der Waals surface area contributed by atoms with Crippen molar-refractivity contribution in [2.45, 2.75) is 12.7 Å². The van der Waals surface area contributed by atoms with Crippen LogP contribution < -0.4 is 21.1 Å². The maximum atomic E-state index is 13.0. The molecule has 0 saturated carbocycles. The molecule has 0 bridgehead atoms. The summed E-state index contributed by atoms with van der Waals surface area (Å²) < 4.78 is 6.90. The highest BCUT2D eigenvalue weighted by Crippen LogP contribution is 2.38. The van der Waals surface area contributed by atoms with Crippen LogP contribution in [0.5, 0.6) is 5.88 Å². The molecule has 2 saturated heterocycles. The van der Waals surface area contributed by atoms with E-state index in [0.29, 0.717) is 17.0 Å². The molecule has 1 unspecified atom stereocenters. The molecule has 0 radical (unpaired) electrons. The van der Waals surface area contributed by atoms with Gasteiger partial charge in [-0.1, -0.05) is 12.1 Å². The van der Waals surface area contributed by atoms with E-state index in [-0.39, 0.29) is 17.3 Å². The van der Waals surface area contributed by atoms with Crippen LogP contribution in [0.25, 0.3) is 5.70 Å². The number of benzene rings is 1. The third-order valence-electron chi connectivity index (χ3n) is 7.52. The molecule has 2 aromatic heterocycles. The summed E-state index contributed by atoms with van der Waals surface area (Å²) >= 11 is 0. The number of amides is 1. The van der Waals surface area contributed by atoms with Crippen molar-refractivity contribution in [1.82, 2.24) is 29.9 Å². The summed E-state index contributed by atoms with van der Waals surface area (Å²) in [7, 11) is 3.76. The van der Waals surface area contributed by atoms with Crippen LogP contribution in [0.3, 0.4) is 0 Å². The second kappa shape index (κ2) is 10.2. The second-order valence-corrected chi connectivity index (χ2v) is 10.6. The summed E-state index contributed by atoms with van der Waals surface area (Å²) in [4.78, 5) is 26.6. The van der Waals surface area contributed by atoms with Gasteiger partial charge in [-0.25, -0.2) is 14.7 Å². The SMILES string of the molecule is COc1ncccc1C1=CC=NC(n2cc(C(=O)Nc3ccc(CCN4CC5(CN(C)C5)C4)cc3)c(N)n2)N1. The summed E-state index contributed by atoms with van der Waals surface area (Å²) in [6.07, 6.45) is 7.18. The highest BCUT2D eigenvalue weighted by Gasteiger charge is 2.49. The molecule has 1 spiro atoms. The lowest BCUT2D eigenvalue weighted by molar-refractivity contribution is -0.103. The average molecular weight is 528 g/mol. The van der Waals surface area contributed by atoms with Crippen molar-refractivity contribution >= 4 is 29.3 Å². The van der Waals surface area contributed by atoms with E-state index < -0.39 is 6.29 Å². The molecule has 3 aromatic rings. The number of allylic oxidation sites excluding steroid dienone is 1. The Kier molecular flexibility index (Phi) is 6.53. The summed E-state index contributed by atoms with van der Waals surface area (Å²) in [6, 6.07) is 11.7. The number of nitrogens with two attached hydrogens (primary N) is 1. The lowest BCUT2D eigenvalue weighted by atomic mass is 9.73. The summed E-state index contributed by atoms with van der Waals surface area (Å²) in [6.45, 7) is 5.93. The summed E-state index contributed by atoms with van der Waals surface area (Å²) in [5.41, 5.74) is 10.5. The standard InChI is InChI=1S/C28H33N9O2/c1-35-15-28(16-35)17-36(18-28)13-10-19-5-7-20(8-6-19)32-25(38)22-14-37(34-24(22)29)27-31-12-9-23(33-27)21-4-3-11-30-26(21)39-2/h3-9,11-12,14,27,33H,10,13,15-18H2,1-2H3,(H2,29,34)(H,32,38). The number of methoxy groups -OCH3 is 1. The first-order valence-corrected chi connectivity index (χ1v) is 13.1. The smallest absolute Gasteiger partial charge is 0.261 e. The van der Waals surface area contributed by atoms with Crippen LogP contribution in [-0.4, -0.2) is 83.6 Å². The number of carbonyl (C=O) groups is 1. The molecule has 5 heterocycles. The van der Waals surface area contributed by atoms with E-state index in [1.165, 1.54) is 36.4 Å². The zero-order valence-electron chi connectivity index (χ0n) is 22.2. The van der Waals surface area contributed by atoms with Gasteiger partial charge < -0.3 is 30.9 Å². The van der Waals surface area contributed by atoms with Gasteiger partial charge in [0.1, 0.15) is 5.56 Å². The number of pyridine rings is 1. The van der Waals surface area contributed by atoms with E-state index >= 15 is 0 Å². The van der Waals surface area contributed by atoms with E-state index in [9.17, 15) is 4.79 Å². The van der Waals surface area contributed by atoms with Crippen LogP contribution in [0, 0.1) is 5.41 Å². The molecule has 11 heteroatoms. The monoisotopic (exact) mass is 527 g/mol. The van der Waals surface area contributed by atoms with Crippen LogP contribution in [0.4, 0.5) is 11.5 Å². The number of likely N-dealkylation sites (tertiary alicyclic amines) is 2. The first kappa shape index (κ1) is 25.1. The fourth-order valence-electron chi connectivity index (χ4n) is 5.79.